The van der Waals surface area contributed by atoms with Gasteiger partial charge in [-0.25, -0.2) is 0 Å². The van der Waals surface area contributed by atoms with Crippen molar-refractivity contribution in [1.29, 1.82) is 0 Å². The quantitative estimate of drug-likeness (QED) is 0.856. The number of rotatable bonds is 5. The third kappa shape index (κ3) is 2.83. The van der Waals surface area contributed by atoms with Crippen LogP contribution in [0.15, 0.2) is 48.5 Å². The first-order valence-electron chi connectivity index (χ1n) is 6.80. The molecular formula is C17H17NOS. The Bertz CT molecular complexity index is 621. The minimum absolute atomic E-state index is 0.518. The molecule has 3 heteroatoms. The van der Waals surface area contributed by atoms with Crippen molar-refractivity contribution in [1.82, 2.24) is 0 Å². The van der Waals surface area contributed by atoms with Crippen LogP contribution in [-0.2, 0) is 12.8 Å². The van der Waals surface area contributed by atoms with Crippen molar-refractivity contribution in [3.8, 4) is 5.75 Å². The maximum absolute atomic E-state index is 5.86. The molecule has 1 aliphatic carbocycles. The molecule has 102 valence electrons. The van der Waals surface area contributed by atoms with Crippen LogP contribution in [0.3, 0.4) is 0 Å². The van der Waals surface area contributed by atoms with E-state index in [9.17, 15) is 0 Å². The monoisotopic (exact) mass is 283 g/mol. The number of hydrogen-bond acceptors (Lipinski definition) is 2. The molecule has 0 aromatic heterocycles. The van der Waals surface area contributed by atoms with Gasteiger partial charge in [0.25, 0.3) is 0 Å². The fourth-order valence-electron chi connectivity index (χ4n) is 2.61. The van der Waals surface area contributed by atoms with Crippen molar-refractivity contribution in [3.63, 3.8) is 0 Å². The predicted octanol–water partition coefficient (Wildman–Crippen LogP) is 3.23. The molecule has 1 aliphatic rings. The summed E-state index contributed by atoms with van der Waals surface area (Å²) >= 11 is 4.90. The van der Waals surface area contributed by atoms with Crippen LogP contribution in [0.25, 0.3) is 0 Å². The van der Waals surface area contributed by atoms with E-state index in [1.165, 1.54) is 11.1 Å². The van der Waals surface area contributed by atoms with Crippen LogP contribution in [0.2, 0.25) is 0 Å². The summed E-state index contributed by atoms with van der Waals surface area (Å²) < 4.78 is 5.86. The predicted molar refractivity (Wildman–Crippen MR) is 85.3 cm³/mol. The van der Waals surface area contributed by atoms with Gasteiger partial charge in [0.15, 0.2) is 0 Å². The fourth-order valence-corrected chi connectivity index (χ4v) is 2.78. The molecule has 2 aromatic rings. The molecule has 1 atom stereocenters. The molecule has 20 heavy (non-hydrogen) atoms. The normalized spacial score (nSPS) is 16.1. The van der Waals surface area contributed by atoms with Crippen molar-refractivity contribution >= 4 is 17.2 Å². The summed E-state index contributed by atoms with van der Waals surface area (Å²) in [5, 5.41) is 0. The Labute approximate surface area is 124 Å². The van der Waals surface area contributed by atoms with Crippen molar-refractivity contribution < 1.29 is 4.74 Å². The van der Waals surface area contributed by atoms with Crippen LogP contribution in [0, 0.1) is 0 Å². The molecule has 2 N–H and O–H groups in total. The second kappa shape index (κ2) is 5.63. The SMILES string of the molecule is NC(=S)Cc1ccc(OCC2Cc3ccccc32)cc1. The summed E-state index contributed by atoms with van der Waals surface area (Å²) in [7, 11) is 0. The Balaban J connectivity index is 1.56. The highest BCUT2D eigenvalue weighted by atomic mass is 32.1. The van der Waals surface area contributed by atoms with Gasteiger partial charge in [-0.1, -0.05) is 48.6 Å². The zero-order valence-electron chi connectivity index (χ0n) is 11.2. The molecule has 1 unspecified atom stereocenters. The molecule has 2 nitrogen and oxygen atoms in total. The lowest BCUT2D eigenvalue weighted by atomic mass is 9.78. The zero-order chi connectivity index (χ0) is 13.9. The Hall–Kier alpha value is -1.87. The van der Waals surface area contributed by atoms with Gasteiger partial charge in [-0.3, -0.25) is 0 Å². The average molecular weight is 283 g/mol. The van der Waals surface area contributed by atoms with E-state index < -0.39 is 0 Å². The Morgan fingerprint density at radius 1 is 1.15 bits per heavy atom. The molecule has 0 spiro atoms. The van der Waals surface area contributed by atoms with Gasteiger partial charge in [0.1, 0.15) is 5.75 Å². The Morgan fingerprint density at radius 2 is 1.90 bits per heavy atom. The van der Waals surface area contributed by atoms with E-state index in [0.29, 0.717) is 17.3 Å². The van der Waals surface area contributed by atoms with Crippen LogP contribution in [0.5, 0.6) is 5.75 Å². The number of fused-ring (bicyclic) bond motifs is 1. The molecule has 0 saturated heterocycles. The van der Waals surface area contributed by atoms with Crippen molar-refractivity contribution in [3.05, 3.63) is 65.2 Å². The lowest BCUT2D eigenvalue weighted by Gasteiger charge is -2.29. The van der Waals surface area contributed by atoms with Crippen molar-refractivity contribution in [2.24, 2.45) is 5.73 Å². The smallest absolute Gasteiger partial charge is 0.119 e. The summed E-state index contributed by atoms with van der Waals surface area (Å²) in [6.07, 6.45) is 1.77. The van der Waals surface area contributed by atoms with Gasteiger partial charge in [0.2, 0.25) is 0 Å². The van der Waals surface area contributed by atoms with Crippen LogP contribution >= 0.6 is 12.2 Å². The van der Waals surface area contributed by atoms with E-state index in [4.69, 9.17) is 22.7 Å². The maximum Gasteiger partial charge on any atom is 0.119 e. The maximum atomic E-state index is 5.86. The number of nitrogens with two attached hydrogens (primary N) is 1. The molecule has 0 radical (unpaired) electrons. The lowest BCUT2D eigenvalue weighted by Crippen LogP contribution is -2.23. The summed E-state index contributed by atoms with van der Waals surface area (Å²) in [5.74, 6) is 1.43. The first-order valence-corrected chi connectivity index (χ1v) is 7.21. The van der Waals surface area contributed by atoms with Gasteiger partial charge in [0.05, 0.1) is 11.6 Å². The summed E-state index contributed by atoms with van der Waals surface area (Å²) in [6.45, 7) is 0.742. The first kappa shape index (κ1) is 13.1. The summed E-state index contributed by atoms with van der Waals surface area (Å²) in [5.41, 5.74) is 9.54. The van der Waals surface area contributed by atoms with E-state index in [2.05, 4.69) is 24.3 Å². The topological polar surface area (TPSA) is 35.2 Å². The highest BCUT2D eigenvalue weighted by molar-refractivity contribution is 7.80. The molecule has 0 saturated carbocycles. The van der Waals surface area contributed by atoms with Crippen molar-refractivity contribution in [2.45, 2.75) is 18.8 Å². The van der Waals surface area contributed by atoms with Crippen LogP contribution in [-0.4, -0.2) is 11.6 Å². The number of ether oxygens (including phenoxy) is 1. The van der Waals surface area contributed by atoms with E-state index in [-0.39, 0.29) is 0 Å². The highest BCUT2D eigenvalue weighted by Gasteiger charge is 2.25. The average Bonchev–Trinajstić information content (AvgIpc) is 2.41. The minimum Gasteiger partial charge on any atom is -0.493 e. The molecule has 0 bridgehead atoms. The Morgan fingerprint density at radius 3 is 2.60 bits per heavy atom. The molecule has 0 heterocycles. The molecule has 0 aliphatic heterocycles. The second-order valence-corrected chi connectivity index (χ2v) is 5.72. The minimum atomic E-state index is 0.518. The molecular weight excluding hydrogens is 266 g/mol. The van der Waals surface area contributed by atoms with Gasteiger partial charge < -0.3 is 10.5 Å². The number of thiocarbonyl (C=S) groups is 1. The van der Waals surface area contributed by atoms with E-state index in [0.717, 1.165) is 24.3 Å². The largest absolute Gasteiger partial charge is 0.493 e. The molecule has 3 rings (SSSR count). The zero-order valence-corrected chi connectivity index (χ0v) is 12.0. The molecule has 0 amide bonds. The standard InChI is InChI=1S/C17H17NOS/c18-17(20)9-12-5-7-15(8-6-12)19-11-14-10-13-3-1-2-4-16(13)14/h1-8,14H,9-11H2,(H2,18,20). The number of benzene rings is 2. The van der Waals surface area contributed by atoms with E-state index in [1.54, 1.807) is 0 Å². The summed E-state index contributed by atoms with van der Waals surface area (Å²) in [4.78, 5) is 0.518. The van der Waals surface area contributed by atoms with Gasteiger partial charge in [-0.2, -0.15) is 0 Å². The van der Waals surface area contributed by atoms with Gasteiger partial charge in [0, 0.05) is 12.3 Å². The van der Waals surface area contributed by atoms with Crippen LogP contribution in [0.1, 0.15) is 22.6 Å². The third-order valence-electron chi connectivity index (χ3n) is 3.71. The van der Waals surface area contributed by atoms with Crippen molar-refractivity contribution in [2.75, 3.05) is 6.61 Å². The van der Waals surface area contributed by atoms with E-state index in [1.807, 2.05) is 24.3 Å². The highest BCUT2D eigenvalue weighted by Crippen LogP contribution is 2.35. The van der Waals surface area contributed by atoms with Gasteiger partial charge >= 0.3 is 0 Å². The first-order chi connectivity index (χ1) is 9.72. The molecule has 2 aromatic carbocycles. The lowest BCUT2D eigenvalue weighted by molar-refractivity contribution is 0.275. The van der Waals surface area contributed by atoms with Gasteiger partial charge in [-0.05, 0) is 35.2 Å². The fraction of sp³-hybridized carbons (Fsp3) is 0.235. The summed E-state index contributed by atoms with van der Waals surface area (Å²) in [6, 6.07) is 16.6. The molecule has 0 fully saturated rings. The second-order valence-electron chi connectivity index (χ2n) is 5.20. The Kier molecular flexibility index (Phi) is 3.70. The van der Waals surface area contributed by atoms with E-state index >= 15 is 0 Å². The number of hydrogen-bond donors (Lipinski definition) is 1. The third-order valence-corrected chi connectivity index (χ3v) is 3.86. The van der Waals surface area contributed by atoms with Crippen LogP contribution < -0.4 is 10.5 Å². The van der Waals surface area contributed by atoms with Crippen LogP contribution in [0.4, 0.5) is 0 Å². The van der Waals surface area contributed by atoms with Gasteiger partial charge in [-0.15, -0.1) is 0 Å².